The van der Waals surface area contributed by atoms with Crippen molar-refractivity contribution in [3.8, 4) is 0 Å². The highest BCUT2D eigenvalue weighted by molar-refractivity contribution is 5.80. The fourth-order valence-electron chi connectivity index (χ4n) is 4.93. The van der Waals surface area contributed by atoms with Crippen LogP contribution in [0.25, 0.3) is 0 Å². The van der Waals surface area contributed by atoms with Gasteiger partial charge in [-0.2, -0.15) is 0 Å². The summed E-state index contributed by atoms with van der Waals surface area (Å²) >= 11 is 0. The van der Waals surface area contributed by atoms with Crippen LogP contribution in [-0.4, -0.2) is 59.0 Å². The Labute approximate surface area is 203 Å². The van der Waals surface area contributed by atoms with Crippen LogP contribution < -0.4 is 10.6 Å². The fourth-order valence-corrected chi connectivity index (χ4v) is 4.93. The molecule has 2 aromatic rings. The topological polar surface area (TPSA) is 94.6 Å². The maximum atomic E-state index is 14.5. The number of nitrogens with one attached hydrogen (secondary N) is 2. The zero-order valence-corrected chi connectivity index (χ0v) is 19.7. The lowest BCUT2D eigenvalue weighted by Gasteiger charge is -2.37. The van der Waals surface area contributed by atoms with E-state index in [4.69, 9.17) is 0 Å². The van der Waals surface area contributed by atoms with Crippen LogP contribution in [0.2, 0.25) is 0 Å². The predicted octanol–water partition coefficient (Wildman–Crippen LogP) is 3.66. The zero-order valence-electron chi connectivity index (χ0n) is 19.7. The first-order valence-electron chi connectivity index (χ1n) is 12.2. The number of likely N-dealkylation sites (tertiary alicyclic amines) is 1. The number of piperidine rings is 1. The standard InChI is InChI=1S/C26H32F2N4O3/c27-26(28)15-20(25(35)31-22(14-23(33)34)18-6-2-1-3-7-18)16-32(17-26)13-5-9-21-11-10-19-8-4-12-29-24(19)30-21/h1-3,6-7,10-11,20,22H,4-5,8-9,12-17H2,(H,29,30)(H,31,35)(H,33,34)/t20-,22-/m0/s1. The van der Waals surface area contributed by atoms with Crippen molar-refractivity contribution >= 4 is 17.7 Å². The number of carboxylic acid groups (broad SMARTS) is 1. The second-order valence-electron chi connectivity index (χ2n) is 9.51. The summed E-state index contributed by atoms with van der Waals surface area (Å²) in [6.45, 7) is 1.18. The van der Waals surface area contributed by atoms with E-state index in [0.29, 0.717) is 24.9 Å². The molecule has 3 N–H and O–H groups in total. The van der Waals surface area contributed by atoms with E-state index in [-0.39, 0.29) is 19.5 Å². The molecule has 2 aliphatic rings. The van der Waals surface area contributed by atoms with Gasteiger partial charge >= 0.3 is 5.97 Å². The number of aliphatic carboxylic acids is 1. The van der Waals surface area contributed by atoms with Gasteiger partial charge in [0.2, 0.25) is 5.91 Å². The van der Waals surface area contributed by atoms with E-state index in [2.05, 4.69) is 21.7 Å². The highest BCUT2D eigenvalue weighted by Gasteiger charge is 2.43. The van der Waals surface area contributed by atoms with E-state index in [1.165, 1.54) is 5.56 Å². The normalized spacial score (nSPS) is 20.3. The number of carbonyl (C=O) groups is 2. The molecular weight excluding hydrogens is 454 g/mol. The molecule has 1 saturated heterocycles. The maximum absolute atomic E-state index is 14.5. The Kier molecular flexibility index (Phi) is 7.95. The largest absolute Gasteiger partial charge is 0.481 e. The lowest BCUT2D eigenvalue weighted by molar-refractivity contribution is -0.140. The molecule has 3 heterocycles. The number of halogens is 2. The van der Waals surface area contributed by atoms with Crippen LogP contribution in [0.3, 0.4) is 0 Å². The molecule has 4 rings (SSSR count). The van der Waals surface area contributed by atoms with Gasteiger partial charge in [-0.05, 0) is 49.4 Å². The second-order valence-corrected chi connectivity index (χ2v) is 9.51. The minimum Gasteiger partial charge on any atom is -0.481 e. The van der Waals surface area contributed by atoms with Gasteiger partial charge in [-0.3, -0.25) is 14.5 Å². The van der Waals surface area contributed by atoms with Crippen molar-refractivity contribution in [2.75, 3.05) is 31.5 Å². The van der Waals surface area contributed by atoms with Crippen LogP contribution in [0.4, 0.5) is 14.6 Å². The van der Waals surface area contributed by atoms with Crippen molar-refractivity contribution in [2.45, 2.75) is 50.5 Å². The summed E-state index contributed by atoms with van der Waals surface area (Å²) in [6, 6.07) is 12.0. The SMILES string of the molecule is O=C(O)C[C@H](NC(=O)[C@@H]1CN(CCCc2ccc3c(n2)NCCC3)CC(F)(F)C1)c1ccccc1. The number of hydrogen-bond donors (Lipinski definition) is 3. The number of aromatic nitrogens is 1. The minimum atomic E-state index is -2.98. The molecule has 35 heavy (non-hydrogen) atoms. The van der Waals surface area contributed by atoms with E-state index in [0.717, 1.165) is 30.9 Å². The lowest BCUT2D eigenvalue weighted by atomic mass is 9.93. The summed E-state index contributed by atoms with van der Waals surface area (Å²) in [5.74, 6) is -4.58. The molecule has 0 bridgehead atoms. The summed E-state index contributed by atoms with van der Waals surface area (Å²) in [7, 11) is 0. The van der Waals surface area contributed by atoms with E-state index >= 15 is 0 Å². The summed E-state index contributed by atoms with van der Waals surface area (Å²) in [6.07, 6.45) is 2.57. The van der Waals surface area contributed by atoms with E-state index in [9.17, 15) is 23.5 Å². The number of fused-ring (bicyclic) bond motifs is 1. The number of alkyl halides is 2. The summed E-state index contributed by atoms with van der Waals surface area (Å²) in [4.78, 5) is 30.6. The number of hydrogen-bond acceptors (Lipinski definition) is 5. The molecule has 1 aromatic heterocycles. The van der Waals surface area contributed by atoms with E-state index < -0.39 is 36.2 Å². The molecule has 1 amide bonds. The lowest BCUT2D eigenvalue weighted by Crippen LogP contribution is -2.52. The molecule has 9 heteroatoms. The number of amides is 1. The van der Waals surface area contributed by atoms with Gasteiger partial charge < -0.3 is 15.7 Å². The third kappa shape index (κ3) is 6.97. The predicted molar refractivity (Wildman–Crippen MR) is 128 cm³/mol. The van der Waals surface area contributed by atoms with Crippen molar-refractivity contribution in [1.29, 1.82) is 0 Å². The summed E-state index contributed by atoms with van der Waals surface area (Å²) < 4.78 is 29.1. The quantitative estimate of drug-likeness (QED) is 0.501. The Balaban J connectivity index is 1.35. The van der Waals surface area contributed by atoms with E-state index in [1.807, 2.05) is 6.07 Å². The molecule has 1 aromatic carbocycles. The minimum absolute atomic E-state index is 0.217. The molecule has 0 saturated carbocycles. The first-order chi connectivity index (χ1) is 16.8. The van der Waals surface area contributed by atoms with Crippen molar-refractivity contribution in [3.63, 3.8) is 0 Å². The van der Waals surface area contributed by atoms with Crippen molar-refractivity contribution in [2.24, 2.45) is 5.92 Å². The Morgan fingerprint density at radius 3 is 2.80 bits per heavy atom. The number of carbonyl (C=O) groups excluding carboxylic acids is 1. The number of aryl methyl sites for hydroxylation is 2. The highest BCUT2D eigenvalue weighted by Crippen LogP contribution is 2.31. The Morgan fingerprint density at radius 1 is 1.23 bits per heavy atom. The molecule has 0 aliphatic carbocycles. The molecule has 0 radical (unpaired) electrons. The number of anilines is 1. The molecule has 0 spiro atoms. The number of rotatable bonds is 9. The van der Waals surface area contributed by atoms with Crippen LogP contribution >= 0.6 is 0 Å². The third-order valence-corrected chi connectivity index (χ3v) is 6.61. The molecule has 0 unspecified atom stereocenters. The number of pyridine rings is 1. The average Bonchev–Trinajstić information content (AvgIpc) is 2.83. The molecule has 2 atom stereocenters. The first-order valence-corrected chi connectivity index (χ1v) is 12.2. The van der Waals surface area contributed by atoms with Crippen LogP contribution in [0, 0.1) is 5.92 Å². The van der Waals surface area contributed by atoms with E-state index in [1.54, 1.807) is 35.2 Å². The van der Waals surface area contributed by atoms with Crippen LogP contribution in [-0.2, 0) is 22.4 Å². The first kappa shape index (κ1) is 25.0. The van der Waals surface area contributed by atoms with Crippen LogP contribution in [0.1, 0.15) is 48.5 Å². The van der Waals surface area contributed by atoms with Gasteiger partial charge in [0.25, 0.3) is 5.92 Å². The van der Waals surface area contributed by atoms with Crippen LogP contribution in [0.5, 0.6) is 0 Å². The second kappa shape index (κ2) is 11.1. The monoisotopic (exact) mass is 486 g/mol. The molecule has 7 nitrogen and oxygen atoms in total. The number of benzene rings is 1. The third-order valence-electron chi connectivity index (χ3n) is 6.61. The van der Waals surface area contributed by atoms with Crippen LogP contribution in [0.15, 0.2) is 42.5 Å². The van der Waals surface area contributed by atoms with Crippen molar-refractivity contribution in [1.82, 2.24) is 15.2 Å². The van der Waals surface area contributed by atoms with Gasteiger partial charge in [-0.25, -0.2) is 13.8 Å². The molecular formula is C26H32F2N4O3. The van der Waals surface area contributed by atoms with Gasteiger partial charge in [-0.15, -0.1) is 0 Å². The molecule has 1 fully saturated rings. The van der Waals surface area contributed by atoms with Crippen molar-refractivity contribution in [3.05, 3.63) is 59.3 Å². The number of carboxylic acids is 1. The Hall–Kier alpha value is -3.07. The van der Waals surface area contributed by atoms with Gasteiger partial charge in [0.05, 0.1) is 24.9 Å². The van der Waals surface area contributed by atoms with Crippen molar-refractivity contribution < 1.29 is 23.5 Å². The average molecular weight is 487 g/mol. The van der Waals surface area contributed by atoms with Gasteiger partial charge in [0.1, 0.15) is 5.82 Å². The van der Waals surface area contributed by atoms with Gasteiger partial charge in [0.15, 0.2) is 0 Å². The number of nitrogens with zero attached hydrogens (tertiary/aromatic N) is 2. The summed E-state index contributed by atoms with van der Waals surface area (Å²) in [5, 5.41) is 15.3. The smallest absolute Gasteiger partial charge is 0.305 e. The molecule has 188 valence electrons. The highest BCUT2D eigenvalue weighted by atomic mass is 19.3. The zero-order chi connectivity index (χ0) is 24.8. The van der Waals surface area contributed by atoms with Gasteiger partial charge in [-0.1, -0.05) is 36.4 Å². The summed E-state index contributed by atoms with van der Waals surface area (Å²) in [5.41, 5.74) is 2.77. The van der Waals surface area contributed by atoms with Gasteiger partial charge in [0, 0.05) is 25.2 Å². The fraction of sp³-hybridized carbons (Fsp3) is 0.500. The Morgan fingerprint density at radius 2 is 2.03 bits per heavy atom. The molecule has 2 aliphatic heterocycles. The maximum Gasteiger partial charge on any atom is 0.305 e. The Bertz CT molecular complexity index is 1030.